The van der Waals surface area contributed by atoms with Gasteiger partial charge in [-0.15, -0.1) is 0 Å². The molecule has 0 saturated heterocycles. The molecule has 0 bridgehead atoms. The predicted octanol–water partition coefficient (Wildman–Crippen LogP) is 4.07. The van der Waals surface area contributed by atoms with Crippen molar-refractivity contribution in [2.24, 2.45) is 0 Å². The summed E-state index contributed by atoms with van der Waals surface area (Å²) in [6.45, 7) is 0. The second-order valence-electron chi connectivity index (χ2n) is 4.11. The van der Waals surface area contributed by atoms with Crippen molar-refractivity contribution in [2.75, 3.05) is 0 Å². The lowest BCUT2D eigenvalue weighted by atomic mass is 10.0. The molecule has 0 aliphatic rings. The van der Waals surface area contributed by atoms with Crippen LogP contribution in [0, 0.1) is 0 Å². The van der Waals surface area contributed by atoms with E-state index in [0.717, 1.165) is 0 Å². The van der Waals surface area contributed by atoms with Gasteiger partial charge in [0.1, 0.15) is 16.9 Å². The molecule has 6 heteroatoms. The first kappa shape index (κ1) is 12.5. The Kier molecular flexibility index (Phi) is 2.67. The average Bonchev–Trinajstić information content (AvgIpc) is 2.89. The van der Waals surface area contributed by atoms with Gasteiger partial charge in [-0.1, -0.05) is 18.2 Å². The van der Waals surface area contributed by atoms with E-state index in [0.29, 0.717) is 0 Å². The summed E-state index contributed by atoms with van der Waals surface area (Å²) >= 11 is 0. The molecular formula is C14H7F3O3. The van der Waals surface area contributed by atoms with Crippen molar-refractivity contribution >= 4 is 11.0 Å². The van der Waals surface area contributed by atoms with Gasteiger partial charge in [0, 0.05) is 5.39 Å². The summed E-state index contributed by atoms with van der Waals surface area (Å²) in [5, 5.41) is -0.175. The van der Waals surface area contributed by atoms with Crippen LogP contribution in [0.15, 0.2) is 56.3 Å². The zero-order valence-electron chi connectivity index (χ0n) is 9.90. The van der Waals surface area contributed by atoms with Crippen LogP contribution in [0.3, 0.4) is 0 Å². The number of hydrogen-bond donors (Lipinski definition) is 0. The van der Waals surface area contributed by atoms with E-state index in [9.17, 15) is 18.0 Å². The fourth-order valence-corrected chi connectivity index (χ4v) is 2.09. The van der Waals surface area contributed by atoms with E-state index in [1.807, 2.05) is 0 Å². The van der Waals surface area contributed by atoms with E-state index in [1.54, 1.807) is 0 Å². The van der Waals surface area contributed by atoms with Gasteiger partial charge in [0.05, 0.1) is 11.8 Å². The Morgan fingerprint density at radius 1 is 1.00 bits per heavy atom. The third-order valence-corrected chi connectivity index (χ3v) is 2.86. The van der Waals surface area contributed by atoms with Gasteiger partial charge >= 0.3 is 11.8 Å². The molecule has 2 aromatic heterocycles. The Morgan fingerprint density at radius 3 is 2.40 bits per heavy atom. The quantitative estimate of drug-likeness (QED) is 0.631. The summed E-state index contributed by atoms with van der Waals surface area (Å²) in [5.41, 5.74) is -2.84. The van der Waals surface area contributed by atoms with Crippen LogP contribution < -0.4 is 5.63 Å². The summed E-state index contributed by atoms with van der Waals surface area (Å²) in [5.74, 6) is -0.170. The van der Waals surface area contributed by atoms with Crippen molar-refractivity contribution in [3.05, 3.63) is 58.6 Å². The number of furan rings is 1. The zero-order chi connectivity index (χ0) is 14.3. The van der Waals surface area contributed by atoms with Crippen LogP contribution in [0.5, 0.6) is 0 Å². The van der Waals surface area contributed by atoms with Gasteiger partial charge in [0.2, 0.25) is 0 Å². The van der Waals surface area contributed by atoms with Crippen LogP contribution in [0.25, 0.3) is 22.3 Å². The molecule has 0 radical (unpaired) electrons. The number of rotatable bonds is 1. The van der Waals surface area contributed by atoms with Crippen molar-refractivity contribution in [3.8, 4) is 11.3 Å². The van der Waals surface area contributed by atoms with Crippen molar-refractivity contribution in [1.82, 2.24) is 0 Å². The minimum atomic E-state index is -4.70. The maximum absolute atomic E-state index is 13.3. The van der Waals surface area contributed by atoms with Gasteiger partial charge in [0.25, 0.3) is 0 Å². The number of benzene rings is 1. The summed E-state index contributed by atoms with van der Waals surface area (Å²) in [4.78, 5) is 11.9. The summed E-state index contributed by atoms with van der Waals surface area (Å²) in [6.07, 6.45) is -3.50. The number of halogens is 3. The molecule has 0 amide bonds. The predicted molar refractivity (Wildman–Crippen MR) is 65.2 cm³/mol. The molecule has 0 spiro atoms. The first-order valence-electron chi connectivity index (χ1n) is 5.65. The highest BCUT2D eigenvalue weighted by Gasteiger charge is 2.38. The number of fused-ring (bicyclic) bond motifs is 1. The lowest BCUT2D eigenvalue weighted by Gasteiger charge is -2.12. The van der Waals surface area contributed by atoms with E-state index >= 15 is 0 Å². The number of hydrogen-bond acceptors (Lipinski definition) is 3. The summed E-state index contributed by atoms with van der Waals surface area (Å²) < 4.78 is 49.8. The van der Waals surface area contributed by atoms with Gasteiger partial charge in [-0.05, 0) is 18.2 Å². The second kappa shape index (κ2) is 4.26. The minimum absolute atomic E-state index is 0.111. The van der Waals surface area contributed by atoms with Crippen LogP contribution in [-0.2, 0) is 6.18 Å². The monoisotopic (exact) mass is 280 g/mol. The van der Waals surface area contributed by atoms with Crippen LogP contribution in [0.2, 0.25) is 0 Å². The molecule has 3 nitrogen and oxygen atoms in total. The molecule has 0 atom stereocenters. The third-order valence-electron chi connectivity index (χ3n) is 2.86. The fraction of sp³-hybridized carbons (Fsp3) is 0.0714. The molecule has 2 heterocycles. The largest absolute Gasteiger partial charge is 0.464 e. The Bertz CT molecular complexity index is 814. The smallest absolute Gasteiger partial charge is 0.418 e. The minimum Gasteiger partial charge on any atom is -0.464 e. The van der Waals surface area contributed by atoms with E-state index in [4.69, 9.17) is 8.83 Å². The van der Waals surface area contributed by atoms with Gasteiger partial charge in [0.15, 0.2) is 0 Å². The van der Waals surface area contributed by atoms with Crippen LogP contribution >= 0.6 is 0 Å². The topological polar surface area (TPSA) is 43.4 Å². The summed E-state index contributed by atoms with van der Waals surface area (Å²) in [7, 11) is 0. The molecule has 3 aromatic rings. The molecule has 0 N–H and O–H groups in total. The van der Waals surface area contributed by atoms with Crippen molar-refractivity contribution in [2.45, 2.75) is 6.18 Å². The summed E-state index contributed by atoms with van der Waals surface area (Å²) in [6, 6.07) is 8.22. The number of para-hydroxylation sites is 1. The maximum Gasteiger partial charge on any atom is 0.418 e. The van der Waals surface area contributed by atoms with Gasteiger partial charge in [-0.3, -0.25) is 0 Å². The highest BCUT2D eigenvalue weighted by Crippen LogP contribution is 2.39. The molecule has 0 aliphatic carbocycles. The molecule has 102 valence electrons. The highest BCUT2D eigenvalue weighted by atomic mass is 19.4. The van der Waals surface area contributed by atoms with E-state index in [-0.39, 0.29) is 16.7 Å². The Morgan fingerprint density at radius 2 is 1.75 bits per heavy atom. The first-order valence-corrected chi connectivity index (χ1v) is 5.65. The molecular weight excluding hydrogens is 273 g/mol. The van der Waals surface area contributed by atoms with Crippen molar-refractivity contribution in [1.29, 1.82) is 0 Å². The fourth-order valence-electron chi connectivity index (χ4n) is 2.09. The average molecular weight is 280 g/mol. The van der Waals surface area contributed by atoms with Crippen LogP contribution in [-0.4, -0.2) is 0 Å². The van der Waals surface area contributed by atoms with Crippen LogP contribution in [0.1, 0.15) is 5.56 Å². The Balaban J connectivity index is 2.51. The van der Waals surface area contributed by atoms with Gasteiger partial charge in [-0.25, -0.2) is 4.79 Å². The van der Waals surface area contributed by atoms with E-state index in [1.165, 1.54) is 42.7 Å². The normalized spacial score (nSPS) is 11.9. The van der Waals surface area contributed by atoms with Crippen LogP contribution in [0.4, 0.5) is 13.2 Å². The van der Waals surface area contributed by atoms with Gasteiger partial charge in [-0.2, -0.15) is 13.2 Å². The molecule has 0 saturated carbocycles. The first-order chi connectivity index (χ1) is 9.48. The van der Waals surface area contributed by atoms with Crippen molar-refractivity contribution in [3.63, 3.8) is 0 Å². The number of alkyl halides is 3. The Labute approximate surface area is 110 Å². The molecule has 1 aromatic carbocycles. The van der Waals surface area contributed by atoms with Crippen molar-refractivity contribution < 1.29 is 22.0 Å². The molecule has 0 unspecified atom stereocenters. The van der Waals surface area contributed by atoms with E-state index in [2.05, 4.69) is 0 Å². The molecule has 0 aliphatic heterocycles. The molecule has 20 heavy (non-hydrogen) atoms. The standard InChI is InChI=1S/C14H7F3O3/c15-14(16,17)12-8-4-1-2-5-9(8)20-13(18)11(12)10-6-3-7-19-10/h1-7H. The second-order valence-corrected chi connectivity index (χ2v) is 4.11. The third kappa shape index (κ3) is 1.89. The lowest BCUT2D eigenvalue weighted by molar-refractivity contribution is -0.136. The van der Waals surface area contributed by atoms with Gasteiger partial charge < -0.3 is 8.83 Å². The zero-order valence-corrected chi connectivity index (χ0v) is 9.90. The highest BCUT2D eigenvalue weighted by molar-refractivity contribution is 5.86. The SMILES string of the molecule is O=c1oc2ccccc2c(C(F)(F)F)c1-c1ccco1. The molecule has 0 fully saturated rings. The molecule has 3 rings (SSSR count). The maximum atomic E-state index is 13.3. The van der Waals surface area contributed by atoms with E-state index < -0.39 is 22.9 Å². The Hall–Kier alpha value is -2.50. The lowest BCUT2D eigenvalue weighted by Crippen LogP contribution is -2.15.